The fourth-order valence-corrected chi connectivity index (χ4v) is 2.94. The molecule has 2 aromatic rings. The van der Waals surface area contributed by atoms with E-state index in [1.54, 1.807) is 19.1 Å². The molecule has 0 aliphatic carbocycles. The third kappa shape index (κ3) is 3.53. The average molecular weight is 315 g/mol. The van der Waals surface area contributed by atoms with Gasteiger partial charge in [0, 0.05) is 27.1 Å². The molecule has 6 heteroatoms. The number of H-pyrrole nitrogens is 1. The van der Waals surface area contributed by atoms with Crippen LogP contribution in [-0.2, 0) is 5.75 Å². The number of thioether (sulfide) groups is 1. The highest BCUT2D eigenvalue weighted by Crippen LogP contribution is 2.26. The van der Waals surface area contributed by atoms with Crippen molar-refractivity contribution in [1.29, 1.82) is 0 Å². The molecule has 0 fully saturated rings. The molecule has 0 spiro atoms. The van der Waals surface area contributed by atoms with E-state index in [0.29, 0.717) is 26.5 Å². The zero-order valence-electron chi connectivity index (χ0n) is 10.5. The summed E-state index contributed by atoms with van der Waals surface area (Å²) in [6, 6.07) is 5.37. The summed E-state index contributed by atoms with van der Waals surface area (Å²) in [7, 11) is 0. The van der Waals surface area contributed by atoms with Crippen molar-refractivity contribution in [3.63, 3.8) is 0 Å². The van der Waals surface area contributed by atoms with Gasteiger partial charge in [0.1, 0.15) is 0 Å². The molecule has 0 saturated carbocycles. The monoisotopic (exact) mass is 314 g/mol. The van der Waals surface area contributed by atoms with Crippen LogP contribution in [0.15, 0.2) is 28.2 Å². The van der Waals surface area contributed by atoms with Crippen molar-refractivity contribution in [1.82, 2.24) is 9.97 Å². The van der Waals surface area contributed by atoms with Gasteiger partial charge in [-0.25, -0.2) is 4.98 Å². The minimum absolute atomic E-state index is 0.0998. The van der Waals surface area contributed by atoms with Crippen LogP contribution in [-0.4, -0.2) is 9.97 Å². The Hall–Kier alpha value is -0.970. The Balaban J connectivity index is 2.17. The van der Waals surface area contributed by atoms with E-state index in [2.05, 4.69) is 9.97 Å². The van der Waals surface area contributed by atoms with Crippen molar-refractivity contribution in [2.45, 2.75) is 24.8 Å². The molecule has 0 aliphatic heterocycles. The van der Waals surface area contributed by atoms with E-state index in [9.17, 15) is 4.79 Å². The second-order valence-electron chi connectivity index (χ2n) is 4.11. The van der Waals surface area contributed by atoms with Crippen LogP contribution in [0.25, 0.3) is 0 Å². The number of nitrogens with one attached hydrogen (secondary N) is 1. The van der Waals surface area contributed by atoms with Crippen LogP contribution in [0.3, 0.4) is 0 Å². The Kier molecular flexibility index (Phi) is 4.55. The van der Waals surface area contributed by atoms with Gasteiger partial charge in [-0.1, -0.05) is 41.0 Å². The standard InChI is InChI=1S/C13H12Cl2N2OS/c1-7-8(2)16-13(17-12(7)18)19-6-9-3-4-10(14)5-11(9)15/h3-5H,6H2,1-2H3,(H,16,17,18). The lowest BCUT2D eigenvalue weighted by atomic mass is 10.2. The van der Waals surface area contributed by atoms with Gasteiger partial charge in [0.25, 0.3) is 5.56 Å². The van der Waals surface area contributed by atoms with Crippen LogP contribution in [0.5, 0.6) is 0 Å². The quantitative estimate of drug-likeness (QED) is 0.688. The van der Waals surface area contributed by atoms with Crippen LogP contribution in [0, 0.1) is 13.8 Å². The fraction of sp³-hybridized carbons (Fsp3) is 0.231. The molecule has 19 heavy (non-hydrogen) atoms. The smallest absolute Gasteiger partial charge is 0.254 e. The number of hydrogen-bond donors (Lipinski definition) is 1. The molecule has 0 saturated heterocycles. The first-order valence-electron chi connectivity index (χ1n) is 5.61. The van der Waals surface area contributed by atoms with Gasteiger partial charge in [-0.15, -0.1) is 0 Å². The van der Waals surface area contributed by atoms with Gasteiger partial charge in [0.15, 0.2) is 5.16 Å². The van der Waals surface area contributed by atoms with Crippen molar-refractivity contribution in [3.8, 4) is 0 Å². The fourth-order valence-electron chi connectivity index (χ4n) is 1.47. The number of aryl methyl sites for hydroxylation is 1. The topological polar surface area (TPSA) is 45.8 Å². The lowest BCUT2D eigenvalue weighted by Crippen LogP contribution is -2.14. The molecule has 100 valence electrons. The lowest BCUT2D eigenvalue weighted by Gasteiger charge is -2.06. The average Bonchev–Trinajstić information content (AvgIpc) is 2.34. The zero-order chi connectivity index (χ0) is 14.0. The Morgan fingerprint density at radius 2 is 2.05 bits per heavy atom. The second kappa shape index (κ2) is 5.99. The Labute approximate surface area is 125 Å². The van der Waals surface area contributed by atoms with Gasteiger partial charge < -0.3 is 4.98 Å². The van der Waals surface area contributed by atoms with Crippen molar-refractivity contribution < 1.29 is 0 Å². The van der Waals surface area contributed by atoms with Crippen molar-refractivity contribution in [3.05, 3.63) is 55.4 Å². The maximum absolute atomic E-state index is 11.6. The molecule has 0 unspecified atom stereocenters. The highest BCUT2D eigenvalue weighted by atomic mass is 35.5. The maximum Gasteiger partial charge on any atom is 0.254 e. The van der Waals surface area contributed by atoms with E-state index < -0.39 is 0 Å². The third-order valence-corrected chi connectivity index (χ3v) is 4.26. The predicted molar refractivity (Wildman–Crippen MR) is 80.4 cm³/mol. The number of rotatable bonds is 3. The largest absolute Gasteiger partial charge is 0.301 e. The van der Waals surface area contributed by atoms with Crippen molar-refractivity contribution >= 4 is 35.0 Å². The number of halogens is 2. The molecule has 0 bridgehead atoms. The number of benzene rings is 1. The van der Waals surface area contributed by atoms with Gasteiger partial charge in [-0.3, -0.25) is 4.79 Å². The number of aromatic nitrogens is 2. The third-order valence-electron chi connectivity index (χ3n) is 2.75. The number of nitrogens with zero attached hydrogens (tertiary/aromatic N) is 1. The first kappa shape index (κ1) is 14.4. The van der Waals surface area contributed by atoms with Gasteiger partial charge in [-0.05, 0) is 31.5 Å². The van der Waals surface area contributed by atoms with Gasteiger partial charge in [0.05, 0.1) is 0 Å². The van der Waals surface area contributed by atoms with Gasteiger partial charge >= 0.3 is 0 Å². The Morgan fingerprint density at radius 3 is 2.68 bits per heavy atom. The molecule has 0 atom stereocenters. The van der Waals surface area contributed by atoms with E-state index >= 15 is 0 Å². The molecule has 0 radical (unpaired) electrons. The summed E-state index contributed by atoms with van der Waals surface area (Å²) < 4.78 is 0. The molecular formula is C13H12Cl2N2OS. The van der Waals surface area contributed by atoms with Crippen LogP contribution >= 0.6 is 35.0 Å². The first-order valence-corrected chi connectivity index (χ1v) is 7.36. The zero-order valence-corrected chi connectivity index (χ0v) is 12.8. The molecule has 3 nitrogen and oxygen atoms in total. The summed E-state index contributed by atoms with van der Waals surface area (Å²) in [5.41, 5.74) is 2.25. The van der Waals surface area contributed by atoms with Crippen molar-refractivity contribution in [2.75, 3.05) is 0 Å². The molecule has 1 aromatic heterocycles. The molecular weight excluding hydrogens is 303 g/mol. The summed E-state index contributed by atoms with van der Waals surface area (Å²) in [4.78, 5) is 18.7. The van der Waals surface area contributed by atoms with E-state index in [4.69, 9.17) is 23.2 Å². The van der Waals surface area contributed by atoms with Crippen molar-refractivity contribution in [2.24, 2.45) is 0 Å². The number of aromatic amines is 1. The lowest BCUT2D eigenvalue weighted by molar-refractivity contribution is 0.883. The van der Waals surface area contributed by atoms with E-state index in [-0.39, 0.29) is 5.56 Å². The second-order valence-corrected chi connectivity index (χ2v) is 5.91. The van der Waals surface area contributed by atoms with Crippen LogP contribution in [0.4, 0.5) is 0 Å². The molecule has 2 rings (SSSR count). The van der Waals surface area contributed by atoms with E-state index in [1.807, 2.05) is 13.0 Å². The van der Waals surface area contributed by atoms with Gasteiger partial charge in [-0.2, -0.15) is 0 Å². The van der Waals surface area contributed by atoms with Gasteiger partial charge in [0.2, 0.25) is 0 Å². The molecule has 1 aromatic carbocycles. The SMILES string of the molecule is Cc1nc(SCc2ccc(Cl)cc2Cl)[nH]c(=O)c1C. The van der Waals surface area contributed by atoms with E-state index in [1.165, 1.54) is 11.8 Å². The summed E-state index contributed by atoms with van der Waals surface area (Å²) in [6.45, 7) is 3.58. The highest BCUT2D eigenvalue weighted by Gasteiger charge is 2.06. The minimum atomic E-state index is -0.0998. The van der Waals surface area contributed by atoms with Crippen LogP contribution in [0.2, 0.25) is 10.0 Å². The summed E-state index contributed by atoms with van der Waals surface area (Å²) in [5, 5.41) is 1.82. The Morgan fingerprint density at radius 1 is 1.32 bits per heavy atom. The number of hydrogen-bond acceptors (Lipinski definition) is 3. The van der Waals surface area contributed by atoms with Crippen LogP contribution in [0.1, 0.15) is 16.8 Å². The summed E-state index contributed by atoms with van der Waals surface area (Å²) in [5.74, 6) is 0.626. The maximum atomic E-state index is 11.6. The van der Waals surface area contributed by atoms with Crippen LogP contribution < -0.4 is 5.56 Å². The summed E-state index contributed by atoms with van der Waals surface area (Å²) in [6.07, 6.45) is 0. The molecule has 0 aliphatic rings. The minimum Gasteiger partial charge on any atom is -0.301 e. The summed E-state index contributed by atoms with van der Waals surface area (Å²) >= 11 is 13.4. The van der Waals surface area contributed by atoms with E-state index in [0.717, 1.165) is 11.3 Å². The molecule has 1 N–H and O–H groups in total. The first-order chi connectivity index (χ1) is 8.97. The highest BCUT2D eigenvalue weighted by molar-refractivity contribution is 7.98. The predicted octanol–water partition coefficient (Wildman–Crippen LogP) is 3.99. The Bertz CT molecular complexity index is 670. The molecule has 1 heterocycles. The normalized spacial score (nSPS) is 10.7. The molecule has 0 amide bonds.